The number of hydrogen-bond donors (Lipinski definition) is 0. The van der Waals surface area contributed by atoms with E-state index in [0.717, 1.165) is 12.8 Å². The molecule has 2 rings (SSSR count). The summed E-state index contributed by atoms with van der Waals surface area (Å²) in [5, 5.41) is 0. The van der Waals surface area contributed by atoms with Gasteiger partial charge < -0.3 is 4.74 Å². The summed E-state index contributed by atoms with van der Waals surface area (Å²) in [6, 6.07) is 0. The predicted octanol–water partition coefficient (Wildman–Crippen LogP) is 1.33. The minimum absolute atomic E-state index is 0.0653. The van der Waals surface area contributed by atoms with Crippen LogP contribution in [0.25, 0.3) is 0 Å². The molecule has 0 unspecified atom stereocenters. The number of carbonyl (C=O) groups excluding carboxylic acids is 2. The lowest BCUT2D eigenvalue weighted by Gasteiger charge is -2.23. The van der Waals surface area contributed by atoms with E-state index < -0.39 is 5.92 Å². The van der Waals surface area contributed by atoms with Gasteiger partial charge in [0.05, 0.1) is 7.11 Å². The van der Waals surface area contributed by atoms with E-state index in [1.165, 1.54) is 7.11 Å². The number of rotatable bonds is 1. The molecule has 0 aromatic rings. The van der Waals surface area contributed by atoms with Crippen LogP contribution in [0.2, 0.25) is 0 Å². The molecule has 0 aromatic heterocycles. The summed E-state index contributed by atoms with van der Waals surface area (Å²) in [5.41, 5.74) is 0. The first kappa shape index (κ1) is 9.44. The van der Waals surface area contributed by atoms with Crippen molar-refractivity contribution in [2.75, 3.05) is 7.11 Å². The number of allylic oxidation sites excluding steroid dienone is 2. The number of fused-ring (bicyclic) bond motifs is 1. The van der Waals surface area contributed by atoms with Gasteiger partial charge in [0.25, 0.3) is 0 Å². The maximum atomic E-state index is 11.6. The van der Waals surface area contributed by atoms with E-state index in [9.17, 15) is 9.59 Å². The van der Waals surface area contributed by atoms with E-state index in [4.69, 9.17) is 0 Å². The third-order valence-electron chi connectivity index (χ3n) is 3.31. The molecule has 0 N–H and O–H groups in total. The Morgan fingerprint density at radius 3 is 2.86 bits per heavy atom. The number of methoxy groups -OCH3 is 1. The van der Waals surface area contributed by atoms with E-state index in [-0.39, 0.29) is 17.7 Å². The van der Waals surface area contributed by atoms with Crippen molar-refractivity contribution in [2.24, 2.45) is 17.8 Å². The highest BCUT2D eigenvalue weighted by Crippen LogP contribution is 2.41. The lowest BCUT2D eigenvalue weighted by Crippen LogP contribution is -2.28. The van der Waals surface area contributed by atoms with Gasteiger partial charge in [-0.2, -0.15) is 0 Å². The predicted molar refractivity (Wildman–Crippen MR) is 50.5 cm³/mol. The molecule has 0 saturated heterocycles. The lowest BCUT2D eigenvalue weighted by molar-refractivity contribution is -0.149. The van der Waals surface area contributed by atoms with Crippen molar-refractivity contribution >= 4 is 11.8 Å². The molecule has 0 amide bonds. The Hall–Kier alpha value is -1.12. The van der Waals surface area contributed by atoms with Crippen molar-refractivity contribution in [3.63, 3.8) is 0 Å². The minimum Gasteiger partial charge on any atom is -0.468 e. The first-order valence-electron chi connectivity index (χ1n) is 4.99. The second kappa shape index (κ2) is 3.56. The second-order valence-electron chi connectivity index (χ2n) is 4.04. The normalized spacial score (nSPS) is 35.5. The number of ether oxygens (including phenoxy) is 1. The molecule has 0 aliphatic heterocycles. The van der Waals surface area contributed by atoms with Crippen molar-refractivity contribution in [3.05, 3.63) is 12.2 Å². The molecular formula is C11H14O3. The summed E-state index contributed by atoms with van der Waals surface area (Å²) in [7, 11) is 1.35. The van der Waals surface area contributed by atoms with Gasteiger partial charge in [0, 0.05) is 6.42 Å². The van der Waals surface area contributed by atoms with Crippen molar-refractivity contribution < 1.29 is 14.3 Å². The third-order valence-corrected chi connectivity index (χ3v) is 3.31. The first-order chi connectivity index (χ1) is 6.74. The number of hydrogen-bond acceptors (Lipinski definition) is 3. The van der Waals surface area contributed by atoms with E-state index in [0.29, 0.717) is 12.3 Å². The summed E-state index contributed by atoms with van der Waals surface area (Å²) in [6.07, 6.45) is 6.50. The summed E-state index contributed by atoms with van der Waals surface area (Å²) in [6.45, 7) is 0. The molecular weight excluding hydrogens is 180 g/mol. The standard InChI is InChI=1S/C11H14O3/c1-14-11(13)10-8-5-3-2-4-7(8)6-9(10)12/h2-3,7-8,10H,4-6H2,1H3/t7-,8+,10-/m1/s1. The molecule has 2 aliphatic rings. The topological polar surface area (TPSA) is 43.4 Å². The van der Waals surface area contributed by atoms with Gasteiger partial charge in [-0.1, -0.05) is 12.2 Å². The van der Waals surface area contributed by atoms with Crippen LogP contribution < -0.4 is 0 Å². The van der Waals surface area contributed by atoms with Gasteiger partial charge in [-0.25, -0.2) is 0 Å². The Kier molecular flexibility index (Phi) is 2.40. The van der Waals surface area contributed by atoms with Crippen LogP contribution >= 0.6 is 0 Å². The molecule has 3 atom stereocenters. The molecule has 0 aromatic carbocycles. The van der Waals surface area contributed by atoms with Gasteiger partial charge >= 0.3 is 5.97 Å². The Bertz CT molecular complexity index is 293. The SMILES string of the molecule is COC(=O)[C@H]1C(=O)C[C@H]2CC=CC[C@@H]21. The van der Waals surface area contributed by atoms with Gasteiger partial charge in [-0.15, -0.1) is 0 Å². The molecule has 0 spiro atoms. The molecule has 0 bridgehead atoms. The Balaban J connectivity index is 2.19. The lowest BCUT2D eigenvalue weighted by atomic mass is 9.81. The average molecular weight is 194 g/mol. The van der Waals surface area contributed by atoms with Crippen molar-refractivity contribution in [2.45, 2.75) is 19.3 Å². The zero-order valence-electron chi connectivity index (χ0n) is 8.23. The zero-order chi connectivity index (χ0) is 10.1. The van der Waals surface area contributed by atoms with E-state index in [1.807, 2.05) is 0 Å². The van der Waals surface area contributed by atoms with Gasteiger partial charge in [0.2, 0.25) is 0 Å². The van der Waals surface area contributed by atoms with Gasteiger partial charge in [0.1, 0.15) is 11.7 Å². The molecule has 3 nitrogen and oxygen atoms in total. The number of ketones is 1. The van der Waals surface area contributed by atoms with Gasteiger partial charge in [-0.3, -0.25) is 9.59 Å². The minimum atomic E-state index is -0.491. The highest BCUT2D eigenvalue weighted by atomic mass is 16.5. The Labute approximate surface area is 83.1 Å². The smallest absolute Gasteiger partial charge is 0.316 e. The number of esters is 1. The van der Waals surface area contributed by atoms with Gasteiger partial charge in [0.15, 0.2) is 0 Å². The molecule has 76 valence electrons. The zero-order valence-corrected chi connectivity index (χ0v) is 8.23. The summed E-state index contributed by atoms with van der Waals surface area (Å²) < 4.78 is 4.67. The molecule has 0 heterocycles. The monoisotopic (exact) mass is 194 g/mol. The van der Waals surface area contributed by atoms with E-state index in [1.54, 1.807) is 0 Å². The van der Waals surface area contributed by atoms with E-state index in [2.05, 4.69) is 16.9 Å². The van der Waals surface area contributed by atoms with Crippen molar-refractivity contribution in [1.82, 2.24) is 0 Å². The molecule has 3 heteroatoms. The molecule has 1 fully saturated rings. The maximum absolute atomic E-state index is 11.6. The van der Waals surface area contributed by atoms with Crippen LogP contribution in [0.15, 0.2) is 12.2 Å². The molecule has 14 heavy (non-hydrogen) atoms. The second-order valence-corrected chi connectivity index (χ2v) is 4.04. The summed E-state index contributed by atoms with van der Waals surface area (Å²) >= 11 is 0. The van der Waals surface area contributed by atoms with Crippen LogP contribution in [0.3, 0.4) is 0 Å². The van der Waals surface area contributed by atoms with Crippen LogP contribution in [0, 0.1) is 17.8 Å². The van der Waals surface area contributed by atoms with Crippen LogP contribution in [-0.4, -0.2) is 18.9 Å². The summed E-state index contributed by atoms with van der Waals surface area (Å²) in [4.78, 5) is 23.0. The average Bonchev–Trinajstić information content (AvgIpc) is 2.53. The van der Waals surface area contributed by atoms with Crippen molar-refractivity contribution in [1.29, 1.82) is 0 Å². The number of carbonyl (C=O) groups is 2. The van der Waals surface area contributed by atoms with E-state index >= 15 is 0 Å². The van der Waals surface area contributed by atoms with Gasteiger partial charge in [-0.05, 0) is 24.7 Å². The molecule has 0 radical (unpaired) electrons. The third kappa shape index (κ3) is 1.37. The Morgan fingerprint density at radius 1 is 1.43 bits per heavy atom. The highest BCUT2D eigenvalue weighted by molar-refractivity contribution is 6.01. The quantitative estimate of drug-likeness (QED) is 0.359. The van der Waals surface area contributed by atoms with Crippen LogP contribution in [0.4, 0.5) is 0 Å². The maximum Gasteiger partial charge on any atom is 0.316 e. The number of Topliss-reactive ketones (excluding diaryl/α,β-unsaturated/α-hetero) is 1. The fraction of sp³-hybridized carbons (Fsp3) is 0.636. The fourth-order valence-electron chi connectivity index (χ4n) is 2.59. The summed E-state index contributed by atoms with van der Waals surface area (Å²) in [5.74, 6) is -0.208. The first-order valence-corrected chi connectivity index (χ1v) is 4.99. The Morgan fingerprint density at radius 2 is 2.14 bits per heavy atom. The van der Waals surface area contributed by atoms with Crippen LogP contribution in [0.1, 0.15) is 19.3 Å². The fourth-order valence-corrected chi connectivity index (χ4v) is 2.59. The van der Waals surface area contributed by atoms with Crippen molar-refractivity contribution in [3.8, 4) is 0 Å². The molecule has 1 saturated carbocycles. The highest BCUT2D eigenvalue weighted by Gasteiger charge is 2.46. The molecule has 2 aliphatic carbocycles. The van der Waals surface area contributed by atoms with Crippen LogP contribution in [-0.2, 0) is 14.3 Å². The largest absolute Gasteiger partial charge is 0.468 e. The van der Waals surface area contributed by atoms with Crippen LogP contribution in [0.5, 0.6) is 0 Å².